The third-order valence-corrected chi connectivity index (χ3v) is 7.82. The Morgan fingerprint density at radius 2 is 1.87 bits per heavy atom. The smallest absolute Gasteiger partial charge is 0.229 e. The van der Waals surface area contributed by atoms with E-state index in [2.05, 4.69) is 27.3 Å². The second-order valence-electron chi connectivity index (χ2n) is 10.3. The average Bonchev–Trinajstić information content (AvgIpc) is 3.25. The fourth-order valence-corrected chi connectivity index (χ4v) is 5.81. The van der Waals surface area contributed by atoms with Crippen LogP contribution in [-0.4, -0.2) is 52.1 Å². The number of halogens is 2. The zero-order chi connectivity index (χ0) is 26.4. The Labute approximate surface area is 219 Å². The van der Waals surface area contributed by atoms with Crippen LogP contribution in [0.5, 0.6) is 0 Å². The Bertz CT molecular complexity index is 1440. The molecule has 0 amide bonds. The molecule has 4 aromatic rings. The van der Waals surface area contributed by atoms with Crippen molar-refractivity contribution in [3.05, 3.63) is 71.7 Å². The van der Waals surface area contributed by atoms with Gasteiger partial charge in [0.1, 0.15) is 11.6 Å². The maximum atomic E-state index is 15.1. The number of anilines is 2. The Morgan fingerprint density at radius 1 is 1.08 bits per heavy atom. The lowest BCUT2D eigenvalue weighted by atomic mass is 9.74. The van der Waals surface area contributed by atoms with Crippen LogP contribution in [-0.2, 0) is 9.47 Å². The Balaban J connectivity index is 1.32. The largest absolute Gasteiger partial charge is 0.380 e. The van der Waals surface area contributed by atoms with Crippen LogP contribution in [0.1, 0.15) is 42.7 Å². The minimum Gasteiger partial charge on any atom is -0.380 e. The fourth-order valence-electron chi connectivity index (χ4n) is 5.81. The van der Waals surface area contributed by atoms with E-state index in [1.807, 2.05) is 6.07 Å². The maximum Gasteiger partial charge on any atom is 0.229 e. The summed E-state index contributed by atoms with van der Waals surface area (Å²) >= 11 is 0. The van der Waals surface area contributed by atoms with Gasteiger partial charge in [-0.3, -0.25) is 4.98 Å². The molecule has 4 atom stereocenters. The van der Waals surface area contributed by atoms with E-state index in [9.17, 15) is 0 Å². The molecule has 0 bridgehead atoms. The minimum atomic E-state index is -0.653. The first-order chi connectivity index (χ1) is 18.4. The van der Waals surface area contributed by atoms with E-state index < -0.39 is 11.6 Å². The van der Waals surface area contributed by atoms with E-state index in [0.717, 1.165) is 24.1 Å². The van der Waals surface area contributed by atoms with Crippen molar-refractivity contribution < 1.29 is 18.3 Å². The van der Waals surface area contributed by atoms with Crippen LogP contribution in [0.15, 0.2) is 48.9 Å². The summed E-state index contributed by atoms with van der Waals surface area (Å²) in [7, 11) is 1.71. The summed E-state index contributed by atoms with van der Waals surface area (Å²) in [6.45, 7) is 3.11. The molecule has 3 N–H and O–H groups in total. The van der Waals surface area contributed by atoms with Gasteiger partial charge in [0.15, 0.2) is 0 Å². The number of aromatic nitrogens is 4. The predicted molar refractivity (Wildman–Crippen MR) is 139 cm³/mol. The zero-order valence-electron chi connectivity index (χ0n) is 21.3. The molecule has 1 saturated carbocycles. The first-order valence-electron chi connectivity index (χ1n) is 12.8. The number of rotatable bonds is 6. The monoisotopic (exact) mass is 520 g/mol. The molecule has 6 rings (SSSR count). The van der Waals surface area contributed by atoms with Crippen LogP contribution < -0.4 is 11.1 Å². The van der Waals surface area contributed by atoms with E-state index in [-0.39, 0.29) is 35.2 Å². The first kappa shape index (κ1) is 24.8. The first-order valence-corrected chi connectivity index (χ1v) is 12.8. The van der Waals surface area contributed by atoms with E-state index in [1.165, 1.54) is 12.1 Å². The Kier molecular flexibility index (Phi) is 6.55. The van der Waals surface area contributed by atoms with Crippen molar-refractivity contribution in [1.82, 2.24) is 19.6 Å². The molecule has 8 nitrogen and oxygen atoms in total. The van der Waals surface area contributed by atoms with E-state index in [1.54, 1.807) is 42.3 Å². The topological polar surface area (TPSA) is 99.6 Å². The van der Waals surface area contributed by atoms with Gasteiger partial charge in [0.05, 0.1) is 54.2 Å². The molecule has 38 heavy (non-hydrogen) atoms. The molecule has 1 aliphatic heterocycles. The van der Waals surface area contributed by atoms with Crippen LogP contribution in [0, 0.1) is 17.6 Å². The van der Waals surface area contributed by atoms with Crippen molar-refractivity contribution in [2.45, 2.75) is 43.7 Å². The number of imidazole rings is 1. The number of methoxy groups -OCH3 is 1. The SMILES string of the molecule is COC1C(C)CC(c2ccncc2Nc2ncc3ccc(-c4c(F)cc(C5COC5)cc4F)nn23)CC1N. The highest BCUT2D eigenvalue weighted by atomic mass is 19.1. The summed E-state index contributed by atoms with van der Waals surface area (Å²) in [6.07, 6.45) is 6.92. The number of nitrogens with zero attached hydrogens (tertiary/aromatic N) is 4. The van der Waals surface area contributed by atoms with Crippen LogP contribution in [0.3, 0.4) is 0 Å². The lowest BCUT2D eigenvalue weighted by molar-refractivity contribution is 0.00822. The minimum absolute atomic E-state index is 0.0173. The zero-order valence-corrected chi connectivity index (χ0v) is 21.3. The summed E-state index contributed by atoms with van der Waals surface area (Å²) in [5, 5.41) is 7.90. The number of pyridine rings is 1. The van der Waals surface area contributed by atoms with Crippen molar-refractivity contribution in [3.8, 4) is 11.3 Å². The number of fused-ring (bicyclic) bond motifs is 1. The molecule has 198 valence electrons. The lowest BCUT2D eigenvalue weighted by Crippen LogP contribution is -2.45. The molecular formula is C28H30F2N6O2. The molecule has 4 unspecified atom stereocenters. The third-order valence-electron chi connectivity index (χ3n) is 7.82. The summed E-state index contributed by atoms with van der Waals surface area (Å²) in [4.78, 5) is 8.79. The van der Waals surface area contributed by atoms with Crippen LogP contribution >= 0.6 is 0 Å². The van der Waals surface area contributed by atoms with Crippen molar-refractivity contribution in [3.63, 3.8) is 0 Å². The van der Waals surface area contributed by atoms with Gasteiger partial charge in [0, 0.05) is 25.3 Å². The maximum absolute atomic E-state index is 15.1. The van der Waals surface area contributed by atoms with Crippen LogP contribution in [0.4, 0.5) is 20.4 Å². The number of nitrogens with one attached hydrogen (secondary N) is 1. The van der Waals surface area contributed by atoms with Gasteiger partial charge < -0.3 is 20.5 Å². The van der Waals surface area contributed by atoms with Gasteiger partial charge in [0.25, 0.3) is 0 Å². The Hall–Kier alpha value is -3.47. The molecule has 0 radical (unpaired) electrons. The highest BCUT2D eigenvalue weighted by Gasteiger charge is 2.35. The number of ether oxygens (including phenoxy) is 2. The highest BCUT2D eigenvalue weighted by Crippen LogP contribution is 2.40. The molecule has 1 saturated heterocycles. The summed E-state index contributed by atoms with van der Waals surface area (Å²) in [6, 6.07) is 8.00. The second kappa shape index (κ2) is 10.0. The van der Waals surface area contributed by atoms with Gasteiger partial charge in [-0.15, -0.1) is 0 Å². The third kappa shape index (κ3) is 4.42. The molecule has 3 aromatic heterocycles. The summed E-state index contributed by atoms with van der Waals surface area (Å²) in [5.41, 5.74) is 9.60. The summed E-state index contributed by atoms with van der Waals surface area (Å²) < 4.78 is 42.5. The average molecular weight is 521 g/mol. The number of nitrogens with two attached hydrogens (primary N) is 1. The number of benzene rings is 1. The molecule has 2 fully saturated rings. The van der Waals surface area contributed by atoms with Crippen LogP contribution in [0.25, 0.3) is 16.8 Å². The second-order valence-corrected chi connectivity index (χ2v) is 10.3. The molecule has 1 aromatic carbocycles. The lowest BCUT2D eigenvalue weighted by Gasteiger charge is -2.38. The van der Waals surface area contributed by atoms with Gasteiger partial charge in [-0.2, -0.15) is 9.61 Å². The van der Waals surface area contributed by atoms with E-state index >= 15 is 8.78 Å². The van der Waals surface area contributed by atoms with Gasteiger partial charge in [-0.05, 0) is 66.1 Å². The molecule has 1 aliphatic carbocycles. The van der Waals surface area contributed by atoms with Gasteiger partial charge in [0.2, 0.25) is 5.95 Å². The molecule has 10 heteroatoms. The van der Waals surface area contributed by atoms with E-state index in [0.29, 0.717) is 36.2 Å². The van der Waals surface area contributed by atoms with Crippen molar-refractivity contribution in [2.75, 3.05) is 25.6 Å². The highest BCUT2D eigenvalue weighted by molar-refractivity contribution is 5.66. The van der Waals surface area contributed by atoms with Gasteiger partial charge >= 0.3 is 0 Å². The Morgan fingerprint density at radius 3 is 2.55 bits per heavy atom. The molecule has 0 spiro atoms. The number of hydrogen-bond acceptors (Lipinski definition) is 7. The van der Waals surface area contributed by atoms with Gasteiger partial charge in [-0.25, -0.2) is 13.8 Å². The molecule has 4 heterocycles. The summed E-state index contributed by atoms with van der Waals surface area (Å²) in [5.74, 6) is -0.347. The normalized spacial score (nSPS) is 23.9. The number of hydrogen-bond donors (Lipinski definition) is 2. The standard InChI is InChI=1S/C28H30F2N6O2/c1-15-7-17(10-23(31)27(15)37-2)20-5-6-32-12-25(20)34-28-33-11-19-3-4-24(35-36(19)28)26-21(29)8-16(9-22(26)30)18-13-38-14-18/h3-6,8-9,11-12,15,17-18,23,27H,7,10,13-14,31H2,1-2H3,(H,33,34). The fraction of sp³-hybridized carbons (Fsp3) is 0.393. The van der Waals surface area contributed by atoms with Gasteiger partial charge in [-0.1, -0.05) is 6.92 Å². The van der Waals surface area contributed by atoms with Crippen molar-refractivity contribution in [2.24, 2.45) is 11.7 Å². The quantitative estimate of drug-likeness (QED) is 0.377. The van der Waals surface area contributed by atoms with Crippen molar-refractivity contribution >= 4 is 17.2 Å². The molecular weight excluding hydrogens is 490 g/mol. The predicted octanol–water partition coefficient (Wildman–Crippen LogP) is 4.78. The molecule has 2 aliphatic rings. The van der Waals surface area contributed by atoms with E-state index in [4.69, 9.17) is 15.2 Å². The van der Waals surface area contributed by atoms with Crippen molar-refractivity contribution in [1.29, 1.82) is 0 Å². The van der Waals surface area contributed by atoms with Crippen LogP contribution in [0.2, 0.25) is 0 Å².